The van der Waals surface area contributed by atoms with E-state index < -0.39 is 0 Å². The van der Waals surface area contributed by atoms with E-state index in [1.165, 1.54) is 0 Å². The average molecular weight is 289 g/mol. The van der Waals surface area contributed by atoms with E-state index in [4.69, 9.17) is 0 Å². The normalized spacial score (nSPS) is 16.0. The second kappa shape index (κ2) is 6.72. The third-order valence-corrected chi connectivity index (χ3v) is 4.10. The van der Waals surface area contributed by atoms with Crippen molar-refractivity contribution >= 4 is 23.2 Å². The Balaban J connectivity index is 2.35. The highest BCUT2D eigenvalue weighted by Gasteiger charge is 2.22. The van der Waals surface area contributed by atoms with Crippen LogP contribution in [0.25, 0.3) is 0 Å². The summed E-state index contributed by atoms with van der Waals surface area (Å²) in [6, 6.07) is 6.07. The quantitative estimate of drug-likeness (QED) is 0.730. The van der Waals surface area contributed by atoms with E-state index in [9.17, 15) is 9.59 Å². The fraction of sp³-hybridized carbons (Fsp3) is 0.500. The molecule has 1 atom stereocenters. The largest absolute Gasteiger partial charge is 0.324 e. The van der Waals surface area contributed by atoms with Crippen molar-refractivity contribution in [3.63, 3.8) is 0 Å². The van der Waals surface area contributed by atoms with Crippen LogP contribution in [-0.2, 0) is 9.59 Å². The number of anilines is 2. The van der Waals surface area contributed by atoms with Gasteiger partial charge in [-0.1, -0.05) is 32.8 Å². The van der Waals surface area contributed by atoms with Crippen LogP contribution in [0, 0.1) is 5.92 Å². The first-order valence-electron chi connectivity index (χ1n) is 7.49. The second-order valence-electron chi connectivity index (χ2n) is 5.42. The summed E-state index contributed by atoms with van der Waals surface area (Å²) < 4.78 is 0. The van der Waals surface area contributed by atoms with Gasteiger partial charge in [-0.2, -0.15) is 0 Å². The molecule has 21 heavy (non-hydrogen) atoms. The lowest BCUT2D eigenvalue weighted by atomic mass is 9.88. The van der Waals surface area contributed by atoms with Crippen LogP contribution < -0.4 is 16.0 Å². The number of hydrogen-bond acceptors (Lipinski definition) is 3. The molecule has 0 spiro atoms. The van der Waals surface area contributed by atoms with Gasteiger partial charge in [0.15, 0.2) is 0 Å². The molecule has 1 aliphatic rings. The zero-order valence-electron chi connectivity index (χ0n) is 12.8. The van der Waals surface area contributed by atoms with Crippen LogP contribution in [0.5, 0.6) is 0 Å². The predicted molar refractivity (Wildman–Crippen MR) is 84.2 cm³/mol. The van der Waals surface area contributed by atoms with Crippen molar-refractivity contribution in [2.45, 2.75) is 39.2 Å². The zero-order chi connectivity index (χ0) is 15.4. The summed E-state index contributed by atoms with van der Waals surface area (Å²) in [7, 11) is 1.95. The van der Waals surface area contributed by atoms with E-state index >= 15 is 0 Å². The summed E-state index contributed by atoms with van der Waals surface area (Å²) in [6.45, 7) is 4.37. The van der Waals surface area contributed by atoms with Gasteiger partial charge in [0, 0.05) is 6.04 Å². The molecular weight excluding hydrogens is 266 g/mol. The Morgan fingerprint density at radius 3 is 2.29 bits per heavy atom. The number of fused-ring (bicyclic) bond motifs is 1. The Labute approximate surface area is 125 Å². The van der Waals surface area contributed by atoms with Crippen molar-refractivity contribution in [1.82, 2.24) is 5.32 Å². The highest BCUT2D eigenvalue weighted by molar-refractivity contribution is 6.13. The molecule has 2 amide bonds. The number of nitrogens with one attached hydrogen (secondary N) is 3. The third-order valence-electron chi connectivity index (χ3n) is 4.10. The smallest absolute Gasteiger partial charge is 0.233 e. The topological polar surface area (TPSA) is 70.2 Å². The highest BCUT2D eigenvalue weighted by Crippen LogP contribution is 2.32. The number of amides is 2. The zero-order valence-corrected chi connectivity index (χ0v) is 12.8. The summed E-state index contributed by atoms with van der Waals surface area (Å²) in [6.07, 6.45) is 2.04. The molecule has 3 N–H and O–H groups in total. The third kappa shape index (κ3) is 3.42. The summed E-state index contributed by atoms with van der Waals surface area (Å²) in [5, 5.41) is 8.91. The van der Waals surface area contributed by atoms with Gasteiger partial charge in [0.2, 0.25) is 11.8 Å². The van der Waals surface area contributed by atoms with Crippen LogP contribution in [0.15, 0.2) is 18.2 Å². The van der Waals surface area contributed by atoms with Gasteiger partial charge in [-0.15, -0.1) is 0 Å². The van der Waals surface area contributed by atoms with E-state index in [1.807, 2.05) is 25.2 Å². The number of rotatable bonds is 5. The van der Waals surface area contributed by atoms with E-state index in [0.29, 0.717) is 17.3 Å². The Morgan fingerprint density at radius 2 is 1.71 bits per heavy atom. The van der Waals surface area contributed by atoms with Gasteiger partial charge in [0.25, 0.3) is 0 Å². The first kappa shape index (κ1) is 15.5. The van der Waals surface area contributed by atoms with Crippen molar-refractivity contribution in [2.75, 3.05) is 17.7 Å². The first-order valence-corrected chi connectivity index (χ1v) is 7.49. The number of benzene rings is 1. The molecule has 1 aliphatic heterocycles. The van der Waals surface area contributed by atoms with Gasteiger partial charge in [-0.3, -0.25) is 9.59 Å². The molecule has 1 heterocycles. The molecule has 0 aromatic heterocycles. The molecule has 0 aliphatic carbocycles. The molecule has 1 aromatic carbocycles. The Bertz CT molecular complexity index is 538. The molecule has 5 heteroatoms. The van der Waals surface area contributed by atoms with E-state index in [1.54, 1.807) is 0 Å². The van der Waals surface area contributed by atoms with E-state index in [-0.39, 0.29) is 24.3 Å². The van der Waals surface area contributed by atoms with Crippen LogP contribution in [0.3, 0.4) is 0 Å². The fourth-order valence-corrected chi connectivity index (χ4v) is 2.94. The minimum Gasteiger partial charge on any atom is -0.324 e. The van der Waals surface area contributed by atoms with Crippen LogP contribution in [0.1, 0.15) is 44.7 Å². The minimum atomic E-state index is -0.274. The molecule has 0 bridgehead atoms. The predicted octanol–water partition coefficient (Wildman–Crippen LogP) is 2.66. The van der Waals surface area contributed by atoms with Crippen LogP contribution in [-0.4, -0.2) is 18.9 Å². The Kier molecular flexibility index (Phi) is 4.96. The average Bonchev–Trinajstić information content (AvgIpc) is 2.60. The van der Waals surface area contributed by atoms with Crippen molar-refractivity contribution in [3.05, 3.63) is 23.8 Å². The lowest BCUT2D eigenvalue weighted by Gasteiger charge is -2.26. The van der Waals surface area contributed by atoms with Crippen molar-refractivity contribution in [2.24, 2.45) is 5.92 Å². The number of carbonyl (C=O) groups is 2. The lowest BCUT2D eigenvalue weighted by molar-refractivity contribution is -0.123. The van der Waals surface area contributed by atoms with Crippen molar-refractivity contribution in [1.29, 1.82) is 0 Å². The Hall–Kier alpha value is -1.88. The SMILES string of the molecule is CCC(CC)C(NC)c1ccc2c(c1)NC(=O)CC(=O)N2. The second-order valence-corrected chi connectivity index (χ2v) is 5.42. The Morgan fingerprint density at radius 1 is 1.10 bits per heavy atom. The maximum absolute atomic E-state index is 11.7. The van der Waals surface area contributed by atoms with Crippen LogP contribution in [0.2, 0.25) is 0 Å². The first-order chi connectivity index (χ1) is 10.1. The maximum atomic E-state index is 11.7. The molecule has 0 fully saturated rings. The molecule has 1 unspecified atom stereocenters. The van der Waals surface area contributed by atoms with E-state index in [2.05, 4.69) is 29.8 Å². The molecule has 2 rings (SSSR count). The van der Waals surface area contributed by atoms with Crippen molar-refractivity contribution < 1.29 is 9.59 Å². The van der Waals surface area contributed by atoms with Gasteiger partial charge < -0.3 is 16.0 Å². The molecule has 0 radical (unpaired) electrons. The van der Waals surface area contributed by atoms with Gasteiger partial charge in [-0.25, -0.2) is 0 Å². The van der Waals surface area contributed by atoms with Gasteiger partial charge >= 0.3 is 0 Å². The van der Waals surface area contributed by atoms with Gasteiger partial charge in [0.1, 0.15) is 6.42 Å². The molecular formula is C16H23N3O2. The summed E-state index contributed by atoms with van der Waals surface area (Å²) in [5.74, 6) is -0.0137. The summed E-state index contributed by atoms with van der Waals surface area (Å²) in [5.41, 5.74) is 2.46. The van der Waals surface area contributed by atoms with Crippen LogP contribution >= 0.6 is 0 Å². The monoisotopic (exact) mass is 289 g/mol. The molecule has 114 valence electrons. The minimum absolute atomic E-state index is 0.133. The molecule has 5 nitrogen and oxygen atoms in total. The van der Waals surface area contributed by atoms with Crippen molar-refractivity contribution in [3.8, 4) is 0 Å². The number of hydrogen-bond donors (Lipinski definition) is 3. The molecule has 0 saturated heterocycles. The van der Waals surface area contributed by atoms with Gasteiger partial charge in [-0.05, 0) is 30.7 Å². The molecule has 0 saturated carbocycles. The summed E-state index contributed by atoms with van der Waals surface area (Å²) >= 11 is 0. The fourth-order valence-electron chi connectivity index (χ4n) is 2.94. The summed E-state index contributed by atoms with van der Waals surface area (Å²) in [4.78, 5) is 23.2. The van der Waals surface area contributed by atoms with Crippen LogP contribution in [0.4, 0.5) is 11.4 Å². The standard InChI is InChI=1S/C16H23N3O2/c1-4-10(5-2)16(17-3)11-6-7-12-13(8-11)19-15(21)9-14(20)18-12/h6-8,10,16-17H,4-5,9H2,1-3H3,(H,18,20)(H,19,21). The highest BCUT2D eigenvalue weighted by atomic mass is 16.2. The maximum Gasteiger partial charge on any atom is 0.233 e. The lowest BCUT2D eigenvalue weighted by Crippen LogP contribution is -2.24. The van der Waals surface area contributed by atoms with Gasteiger partial charge in [0.05, 0.1) is 11.4 Å². The van der Waals surface area contributed by atoms with E-state index in [0.717, 1.165) is 18.4 Å². The molecule has 1 aromatic rings. The number of carbonyl (C=O) groups excluding carboxylic acids is 2.